The number of halogens is 1. The molecule has 8 heteroatoms. The molecule has 0 fully saturated rings. The lowest BCUT2D eigenvalue weighted by molar-refractivity contribution is -0.117. The minimum absolute atomic E-state index is 0.121. The summed E-state index contributed by atoms with van der Waals surface area (Å²) in [6, 6.07) is 9.19. The molecular formula is C14H11FN6O. The first-order chi connectivity index (χ1) is 10.7. The van der Waals surface area contributed by atoms with E-state index in [0.29, 0.717) is 17.1 Å². The predicted octanol–water partition coefficient (Wildman–Crippen LogP) is 1.51. The van der Waals surface area contributed by atoms with Crippen LogP contribution in [0.1, 0.15) is 0 Å². The largest absolute Gasteiger partial charge is 0.324 e. The van der Waals surface area contributed by atoms with Gasteiger partial charge < -0.3 is 5.32 Å². The van der Waals surface area contributed by atoms with Crippen LogP contribution in [0.5, 0.6) is 0 Å². The maximum Gasteiger partial charge on any atom is 0.248 e. The number of carbonyl (C=O) groups excluding carboxylic acids is 1. The van der Waals surface area contributed by atoms with E-state index in [1.807, 2.05) is 0 Å². The Bertz CT molecular complexity index is 789. The molecule has 0 atom stereocenters. The topological polar surface area (TPSA) is 85.6 Å². The highest BCUT2D eigenvalue weighted by atomic mass is 19.1. The van der Waals surface area contributed by atoms with E-state index in [1.165, 1.54) is 18.2 Å². The SMILES string of the molecule is O=C(Cn1nnc(-c2cccnc2)n1)Nc1cccc(F)c1. The van der Waals surface area contributed by atoms with Crippen LogP contribution in [0.2, 0.25) is 0 Å². The minimum Gasteiger partial charge on any atom is -0.324 e. The van der Waals surface area contributed by atoms with Crippen molar-refractivity contribution in [2.75, 3.05) is 5.32 Å². The van der Waals surface area contributed by atoms with E-state index in [0.717, 1.165) is 4.80 Å². The number of aromatic nitrogens is 5. The zero-order valence-electron chi connectivity index (χ0n) is 11.3. The normalized spacial score (nSPS) is 10.4. The van der Waals surface area contributed by atoms with Gasteiger partial charge in [0.05, 0.1) is 0 Å². The highest BCUT2D eigenvalue weighted by Crippen LogP contribution is 2.11. The van der Waals surface area contributed by atoms with Crippen molar-refractivity contribution in [1.29, 1.82) is 0 Å². The summed E-state index contributed by atoms with van der Waals surface area (Å²) in [4.78, 5) is 17.0. The van der Waals surface area contributed by atoms with Crippen molar-refractivity contribution in [1.82, 2.24) is 25.2 Å². The van der Waals surface area contributed by atoms with Gasteiger partial charge in [0.2, 0.25) is 11.7 Å². The third-order valence-corrected chi connectivity index (χ3v) is 2.77. The molecule has 22 heavy (non-hydrogen) atoms. The van der Waals surface area contributed by atoms with Gasteiger partial charge in [-0.1, -0.05) is 6.07 Å². The van der Waals surface area contributed by atoms with E-state index < -0.39 is 5.82 Å². The van der Waals surface area contributed by atoms with E-state index in [4.69, 9.17) is 0 Å². The average molecular weight is 298 g/mol. The summed E-state index contributed by atoms with van der Waals surface area (Å²) >= 11 is 0. The third-order valence-electron chi connectivity index (χ3n) is 2.77. The molecule has 0 saturated heterocycles. The zero-order chi connectivity index (χ0) is 15.4. The summed E-state index contributed by atoms with van der Waals surface area (Å²) in [6.07, 6.45) is 3.24. The summed E-state index contributed by atoms with van der Waals surface area (Å²) in [5.41, 5.74) is 1.08. The Morgan fingerprint density at radius 1 is 1.27 bits per heavy atom. The molecule has 0 aliphatic rings. The van der Waals surface area contributed by atoms with Crippen LogP contribution in [-0.4, -0.2) is 31.1 Å². The van der Waals surface area contributed by atoms with E-state index in [9.17, 15) is 9.18 Å². The summed E-state index contributed by atoms with van der Waals surface area (Å²) in [5.74, 6) is -0.414. The van der Waals surface area contributed by atoms with Crippen LogP contribution >= 0.6 is 0 Å². The van der Waals surface area contributed by atoms with Gasteiger partial charge in [-0.3, -0.25) is 9.78 Å². The minimum atomic E-state index is -0.421. The first-order valence-corrected chi connectivity index (χ1v) is 6.44. The van der Waals surface area contributed by atoms with Crippen LogP contribution < -0.4 is 5.32 Å². The van der Waals surface area contributed by atoms with Crippen LogP contribution in [0.3, 0.4) is 0 Å². The number of hydrogen-bond donors (Lipinski definition) is 1. The summed E-state index contributed by atoms with van der Waals surface area (Å²) in [6.45, 7) is -0.121. The Morgan fingerprint density at radius 2 is 2.18 bits per heavy atom. The van der Waals surface area contributed by atoms with E-state index in [-0.39, 0.29) is 12.5 Å². The number of tetrazole rings is 1. The molecular weight excluding hydrogens is 287 g/mol. The second-order valence-electron chi connectivity index (χ2n) is 4.44. The van der Waals surface area contributed by atoms with Gasteiger partial charge in [-0.2, -0.15) is 4.80 Å². The molecule has 0 bridgehead atoms. The lowest BCUT2D eigenvalue weighted by atomic mass is 10.3. The molecule has 7 nitrogen and oxygen atoms in total. The van der Waals surface area contributed by atoms with Crippen molar-refractivity contribution >= 4 is 11.6 Å². The third kappa shape index (κ3) is 3.29. The summed E-state index contributed by atoms with van der Waals surface area (Å²) < 4.78 is 13.0. The Balaban J connectivity index is 1.66. The number of benzene rings is 1. The van der Waals surface area contributed by atoms with Crippen molar-refractivity contribution in [3.05, 3.63) is 54.6 Å². The number of anilines is 1. The Kier molecular flexibility index (Phi) is 3.82. The molecule has 1 N–H and O–H groups in total. The fourth-order valence-corrected chi connectivity index (χ4v) is 1.82. The quantitative estimate of drug-likeness (QED) is 0.789. The first-order valence-electron chi connectivity index (χ1n) is 6.44. The first kappa shape index (κ1) is 13.8. The fraction of sp³-hybridized carbons (Fsp3) is 0.0714. The molecule has 0 unspecified atom stereocenters. The highest BCUT2D eigenvalue weighted by molar-refractivity contribution is 5.90. The molecule has 3 rings (SSSR count). The molecule has 0 aliphatic heterocycles. The van der Waals surface area contributed by atoms with Gasteiger partial charge in [-0.15, -0.1) is 10.2 Å². The van der Waals surface area contributed by atoms with Crippen LogP contribution in [0, 0.1) is 5.82 Å². The fourth-order valence-electron chi connectivity index (χ4n) is 1.82. The average Bonchev–Trinajstić information content (AvgIpc) is 2.96. The number of nitrogens with one attached hydrogen (secondary N) is 1. The van der Waals surface area contributed by atoms with Crippen LogP contribution in [0.15, 0.2) is 48.8 Å². The van der Waals surface area contributed by atoms with E-state index in [2.05, 4.69) is 25.7 Å². The number of carbonyl (C=O) groups is 1. The smallest absolute Gasteiger partial charge is 0.248 e. The second kappa shape index (κ2) is 6.08. The molecule has 110 valence electrons. The van der Waals surface area contributed by atoms with Gasteiger partial charge in [-0.05, 0) is 35.5 Å². The van der Waals surface area contributed by atoms with Crippen LogP contribution in [-0.2, 0) is 11.3 Å². The lowest BCUT2D eigenvalue weighted by Gasteiger charge is -2.03. The molecule has 2 aromatic heterocycles. The lowest BCUT2D eigenvalue weighted by Crippen LogP contribution is -2.20. The predicted molar refractivity (Wildman–Crippen MR) is 76.1 cm³/mol. The molecule has 0 aliphatic carbocycles. The van der Waals surface area contributed by atoms with Crippen LogP contribution in [0.4, 0.5) is 10.1 Å². The van der Waals surface area contributed by atoms with Crippen molar-refractivity contribution in [2.45, 2.75) is 6.54 Å². The van der Waals surface area contributed by atoms with Crippen molar-refractivity contribution in [3.8, 4) is 11.4 Å². The molecule has 2 heterocycles. The van der Waals surface area contributed by atoms with Crippen molar-refractivity contribution in [2.24, 2.45) is 0 Å². The molecule has 1 amide bonds. The van der Waals surface area contributed by atoms with Gasteiger partial charge in [-0.25, -0.2) is 4.39 Å². The Labute approximate surface area is 124 Å². The van der Waals surface area contributed by atoms with Gasteiger partial charge in [0.1, 0.15) is 12.4 Å². The number of rotatable bonds is 4. The molecule has 0 radical (unpaired) electrons. The van der Waals surface area contributed by atoms with Crippen LogP contribution in [0.25, 0.3) is 11.4 Å². The number of hydrogen-bond acceptors (Lipinski definition) is 5. The van der Waals surface area contributed by atoms with E-state index >= 15 is 0 Å². The zero-order valence-corrected chi connectivity index (χ0v) is 11.3. The van der Waals surface area contributed by atoms with Crippen molar-refractivity contribution in [3.63, 3.8) is 0 Å². The van der Waals surface area contributed by atoms with Gasteiger partial charge >= 0.3 is 0 Å². The Morgan fingerprint density at radius 3 is 2.95 bits per heavy atom. The molecule has 3 aromatic rings. The van der Waals surface area contributed by atoms with E-state index in [1.54, 1.807) is 30.6 Å². The second-order valence-corrected chi connectivity index (χ2v) is 4.44. The summed E-state index contributed by atoms with van der Waals surface area (Å²) in [7, 11) is 0. The number of nitrogens with zero attached hydrogens (tertiary/aromatic N) is 5. The highest BCUT2D eigenvalue weighted by Gasteiger charge is 2.09. The van der Waals surface area contributed by atoms with Gasteiger partial charge in [0, 0.05) is 23.6 Å². The molecule has 0 saturated carbocycles. The Hall–Kier alpha value is -3.16. The maximum absolute atomic E-state index is 13.0. The standard InChI is InChI=1S/C14H11FN6O/c15-11-4-1-5-12(7-11)17-13(22)9-21-19-14(18-20-21)10-3-2-6-16-8-10/h1-8H,9H2,(H,17,22). The maximum atomic E-state index is 13.0. The van der Waals surface area contributed by atoms with Gasteiger partial charge in [0.25, 0.3) is 0 Å². The number of amides is 1. The molecule has 1 aromatic carbocycles. The monoisotopic (exact) mass is 298 g/mol. The van der Waals surface area contributed by atoms with Crippen molar-refractivity contribution < 1.29 is 9.18 Å². The summed E-state index contributed by atoms with van der Waals surface area (Å²) in [5, 5.41) is 14.3. The number of pyridine rings is 1. The molecule has 0 spiro atoms. The van der Waals surface area contributed by atoms with Gasteiger partial charge in [0.15, 0.2) is 0 Å².